The van der Waals surface area contributed by atoms with Crippen LogP contribution in [0.25, 0.3) is 0 Å². The molecule has 0 bridgehead atoms. The Hall–Kier alpha value is -1.69. The lowest BCUT2D eigenvalue weighted by Gasteiger charge is -2.32. The summed E-state index contributed by atoms with van der Waals surface area (Å²) in [6.45, 7) is 4.31. The van der Waals surface area contributed by atoms with E-state index in [2.05, 4.69) is 10.2 Å². The van der Waals surface area contributed by atoms with Crippen molar-refractivity contribution in [1.29, 1.82) is 0 Å². The van der Waals surface area contributed by atoms with Crippen molar-refractivity contribution >= 4 is 23.3 Å². The largest absolute Gasteiger partial charge is 0.466 e. The van der Waals surface area contributed by atoms with Crippen molar-refractivity contribution in [3.05, 3.63) is 35.6 Å². The molecule has 1 aromatic rings. The van der Waals surface area contributed by atoms with Crippen molar-refractivity contribution in [3.63, 3.8) is 0 Å². The maximum absolute atomic E-state index is 12.8. The predicted octanol–water partition coefficient (Wildman–Crippen LogP) is 2.48. The maximum atomic E-state index is 12.8. The molecule has 0 atom stereocenters. The molecule has 1 aliphatic heterocycles. The third-order valence-electron chi connectivity index (χ3n) is 3.76. The summed E-state index contributed by atoms with van der Waals surface area (Å²) in [5.41, 5.74) is 0.977. The first-order chi connectivity index (χ1) is 10.6. The molecule has 2 rings (SSSR count). The molecule has 1 N–H and O–H groups in total. The van der Waals surface area contributed by atoms with Crippen molar-refractivity contribution in [1.82, 2.24) is 10.2 Å². The number of esters is 1. The van der Waals surface area contributed by atoms with Crippen molar-refractivity contribution in [3.8, 4) is 0 Å². The Kier molecular flexibility index (Phi) is 6.12. The highest BCUT2D eigenvalue weighted by atomic mass is 32.1. The number of halogens is 1. The Bertz CT molecular complexity index is 513. The molecule has 120 valence electrons. The fourth-order valence-corrected chi connectivity index (χ4v) is 2.72. The Balaban J connectivity index is 1.75. The van der Waals surface area contributed by atoms with Crippen LogP contribution in [-0.4, -0.2) is 35.7 Å². The monoisotopic (exact) mass is 324 g/mol. The second kappa shape index (κ2) is 8.08. The number of benzene rings is 1. The molecule has 1 heterocycles. The summed E-state index contributed by atoms with van der Waals surface area (Å²) in [7, 11) is 0. The highest BCUT2D eigenvalue weighted by molar-refractivity contribution is 7.80. The van der Waals surface area contributed by atoms with Crippen LogP contribution in [0.3, 0.4) is 0 Å². The van der Waals surface area contributed by atoms with E-state index >= 15 is 0 Å². The van der Waals surface area contributed by atoms with E-state index in [-0.39, 0.29) is 17.7 Å². The number of piperidine rings is 1. The number of hydrogen-bond acceptors (Lipinski definition) is 3. The number of nitrogens with zero attached hydrogens (tertiary/aromatic N) is 1. The van der Waals surface area contributed by atoms with Gasteiger partial charge in [0.2, 0.25) is 0 Å². The molecule has 22 heavy (non-hydrogen) atoms. The van der Waals surface area contributed by atoms with E-state index in [9.17, 15) is 9.18 Å². The van der Waals surface area contributed by atoms with Gasteiger partial charge in [-0.15, -0.1) is 0 Å². The van der Waals surface area contributed by atoms with E-state index in [1.807, 2.05) is 6.92 Å². The Labute approximate surface area is 135 Å². The van der Waals surface area contributed by atoms with E-state index in [1.165, 1.54) is 12.1 Å². The molecule has 1 aliphatic rings. The maximum Gasteiger partial charge on any atom is 0.309 e. The van der Waals surface area contributed by atoms with Crippen LogP contribution in [0.2, 0.25) is 0 Å². The summed E-state index contributed by atoms with van der Waals surface area (Å²) < 4.78 is 17.9. The van der Waals surface area contributed by atoms with Crippen LogP contribution in [-0.2, 0) is 16.1 Å². The van der Waals surface area contributed by atoms with Crippen LogP contribution in [0, 0.1) is 11.7 Å². The zero-order chi connectivity index (χ0) is 15.9. The number of rotatable bonds is 4. The number of nitrogens with one attached hydrogen (secondary N) is 1. The lowest BCUT2D eigenvalue weighted by Crippen LogP contribution is -2.45. The van der Waals surface area contributed by atoms with Crippen LogP contribution in [0.5, 0.6) is 0 Å². The normalized spacial score (nSPS) is 15.5. The minimum atomic E-state index is -0.243. The SMILES string of the molecule is CCOC(=O)C1CCN(C(=S)NCc2ccc(F)cc2)CC1. The molecule has 4 nitrogen and oxygen atoms in total. The van der Waals surface area contributed by atoms with Crippen molar-refractivity contribution in [2.24, 2.45) is 5.92 Å². The van der Waals surface area contributed by atoms with Crippen LogP contribution < -0.4 is 5.32 Å². The zero-order valence-corrected chi connectivity index (χ0v) is 13.5. The third-order valence-corrected chi connectivity index (χ3v) is 4.16. The van der Waals surface area contributed by atoms with Gasteiger partial charge in [0.15, 0.2) is 5.11 Å². The Morgan fingerprint density at radius 3 is 2.59 bits per heavy atom. The lowest BCUT2D eigenvalue weighted by molar-refractivity contribution is -0.149. The van der Waals surface area contributed by atoms with E-state index in [4.69, 9.17) is 17.0 Å². The average molecular weight is 324 g/mol. The van der Waals surface area contributed by atoms with E-state index < -0.39 is 0 Å². The van der Waals surface area contributed by atoms with Gasteiger partial charge in [0.05, 0.1) is 12.5 Å². The number of carbonyl (C=O) groups excluding carboxylic acids is 1. The zero-order valence-electron chi connectivity index (χ0n) is 12.7. The van der Waals surface area contributed by atoms with Crippen LogP contribution in [0.1, 0.15) is 25.3 Å². The standard InChI is InChI=1S/C16H21FN2O2S/c1-2-21-15(20)13-7-9-19(10-8-13)16(22)18-11-12-3-5-14(17)6-4-12/h3-6,13H,2,7-11H2,1H3,(H,18,22). The Morgan fingerprint density at radius 2 is 2.00 bits per heavy atom. The molecule has 1 aromatic carbocycles. The first-order valence-corrected chi connectivity index (χ1v) is 7.95. The summed E-state index contributed by atoms with van der Waals surface area (Å²) in [6, 6.07) is 6.34. The highest BCUT2D eigenvalue weighted by Gasteiger charge is 2.26. The minimum Gasteiger partial charge on any atom is -0.466 e. The lowest BCUT2D eigenvalue weighted by atomic mass is 9.97. The summed E-state index contributed by atoms with van der Waals surface area (Å²) in [5.74, 6) is -0.365. The van der Waals surface area contributed by atoms with Crippen LogP contribution >= 0.6 is 12.2 Å². The first kappa shape index (κ1) is 16.7. The number of thiocarbonyl (C=S) groups is 1. The number of carbonyl (C=O) groups is 1. The van der Waals surface area contributed by atoms with Gasteiger partial charge in [-0.2, -0.15) is 0 Å². The van der Waals surface area contributed by atoms with E-state index in [1.54, 1.807) is 12.1 Å². The van der Waals surface area contributed by atoms with Gasteiger partial charge in [-0.05, 0) is 49.7 Å². The minimum absolute atomic E-state index is 0.0175. The fraction of sp³-hybridized carbons (Fsp3) is 0.500. The van der Waals surface area contributed by atoms with Gasteiger partial charge in [-0.3, -0.25) is 4.79 Å². The molecule has 0 aliphatic carbocycles. The van der Waals surface area contributed by atoms with Gasteiger partial charge in [-0.25, -0.2) is 4.39 Å². The summed E-state index contributed by atoms with van der Waals surface area (Å²) in [5, 5.41) is 3.85. The van der Waals surface area contributed by atoms with Gasteiger partial charge < -0.3 is 15.0 Å². The fourth-order valence-electron chi connectivity index (χ4n) is 2.47. The molecule has 0 unspecified atom stereocenters. The number of likely N-dealkylation sites (tertiary alicyclic amines) is 1. The van der Waals surface area contributed by atoms with Gasteiger partial charge in [0.1, 0.15) is 5.82 Å². The molecule has 1 fully saturated rings. The van der Waals surface area contributed by atoms with Crippen molar-refractivity contribution in [2.75, 3.05) is 19.7 Å². The molecule has 1 saturated heterocycles. The molecular formula is C16H21FN2O2S. The number of hydrogen-bond donors (Lipinski definition) is 1. The summed E-state index contributed by atoms with van der Waals surface area (Å²) >= 11 is 5.38. The van der Waals surface area contributed by atoms with Gasteiger partial charge in [0, 0.05) is 19.6 Å². The topological polar surface area (TPSA) is 41.6 Å². The van der Waals surface area contributed by atoms with Gasteiger partial charge in [-0.1, -0.05) is 12.1 Å². The first-order valence-electron chi connectivity index (χ1n) is 7.54. The smallest absolute Gasteiger partial charge is 0.309 e. The number of ether oxygens (including phenoxy) is 1. The van der Waals surface area contributed by atoms with Crippen molar-refractivity contribution < 1.29 is 13.9 Å². The molecule has 0 aromatic heterocycles. The predicted molar refractivity (Wildman–Crippen MR) is 86.8 cm³/mol. The molecular weight excluding hydrogens is 303 g/mol. The van der Waals surface area contributed by atoms with E-state index in [0.29, 0.717) is 18.3 Å². The summed E-state index contributed by atoms with van der Waals surface area (Å²) in [4.78, 5) is 13.8. The van der Waals surface area contributed by atoms with Gasteiger partial charge >= 0.3 is 5.97 Å². The molecule has 0 spiro atoms. The third kappa shape index (κ3) is 4.66. The average Bonchev–Trinajstić information content (AvgIpc) is 2.54. The quantitative estimate of drug-likeness (QED) is 0.681. The van der Waals surface area contributed by atoms with Crippen LogP contribution in [0.4, 0.5) is 4.39 Å². The second-order valence-electron chi connectivity index (χ2n) is 5.30. The second-order valence-corrected chi connectivity index (χ2v) is 5.69. The summed E-state index contributed by atoms with van der Waals surface area (Å²) in [6.07, 6.45) is 1.52. The molecule has 0 saturated carbocycles. The molecule has 6 heteroatoms. The highest BCUT2D eigenvalue weighted by Crippen LogP contribution is 2.18. The Morgan fingerprint density at radius 1 is 1.36 bits per heavy atom. The van der Waals surface area contributed by atoms with E-state index in [0.717, 1.165) is 31.5 Å². The van der Waals surface area contributed by atoms with Crippen LogP contribution in [0.15, 0.2) is 24.3 Å². The molecule has 0 radical (unpaired) electrons. The van der Waals surface area contributed by atoms with Crippen molar-refractivity contribution in [2.45, 2.75) is 26.3 Å². The van der Waals surface area contributed by atoms with Gasteiger partial charge in [0.25, 0.3) is 0 Å². The molecule has 0 amide bonds.